The number of piperidine rings is 1. The molecule has 0 unspecified atom stereocenters. The number of hydrogen-bond donors (Lipinski definition) is 2. The van der Waals surface area contributed by atoms with E-state index in [1.54, 1.807) is 7.11 Å². The highest BCUT2D eigenvalue weighted by Crippen LogP contribution is 2.20. The number of carbonyl (C=O) groups excluding carboxylic acids is 1. The molecule has 2 amide bonds. The van der Waals surface area contributed by atoms with E-state index in [1.807, 2.05) is 11.3 Å². The average molecular weight is 311 g/mol. The van der Waals surface area contributed by atoms with E-state index in [0.717, 1.165) is 39.0 Å². The fourth-order valence-electron chi connectivity index (χ4n) is 2.54. The molecule has 1 aromatic heterocycles. The Balaban J connectivity index is 1.57. The molecule has 1 saturated heterocycles. The summed E-state index contributed by atoms with van der Waals surface area (Å²) in [6.07, 6.45) is 2.31. The number of nitrogens with zero attached hydrogens (tertiary/aromatic N) is 1. The maximum Gasteiger partial charge on any atom is 0.314 e. The third-order valence-electron chi connectivity index (χ3n) is 3.81. The van der Waals surface area contributed by atoms with Gasteiger partial charge in [0.15, 0.2) is 0 Å². The molecule has 1 aliphatic heterocycles. The predicted octanol–water partition coefficient (Wildman–Crippen LogP) is 1.91. The van der Waals surface area contributed by atoms with Gasteiger partial charge in [-0.25, -0.2) is 4.79 Å². The fraction of sp³-hybridized carbons (Fsp3) is 0.667. The Hall–Kier alpha value is -1.11. The first-order valence-electron chi connectivity index (χ1n) is 7.53. The lowest BCUT2D eigenvalue weighted by Gasteiger charge is -2.31. The first-order valence-corrected chi connectivity index (χ1v) is 8.41. The van der Waals surface area contributed by atoms with Crippen LogP contribution in [-0.4, -0.2) is 50.8 Å². The normalized spacial score (nSPS) is 16.8. The van der Waals surface area contributed by atoms with Crippen molar-refractivity contribution in [2.45, 2.75) is 19.4 Å². The van der Waals surface area contributed by atoms with Gasteiger partial charge in [-0.1, -0.05) is 6.07 Å². The van der Waals surface area contributed by atoms with Gasteiger partial charge in [0.25, 0.3) is 0 Å². The van der Waals surface area contributed by atoms with Crippen LogP contribution in [0, 0.1) is 5.92 Å². The van der Waals surface area contributed by atoms with Gasteiger partial charge in [-0.05, 0) is 43.3 Å². The number of ether oxygens (including phenoxy) is 1. The van der Waals surface area contributed by atoms with Crippen LogP contribution < -0.4 is 10.6 Å². The summed E-state index contributed by atoms with van der Waals surface area (Å²) < 4.78 is 4.89. The van der Waals surface area contributed by atoms with Gasteiger partial charge in [0.1, 0.15) is 0 Å². The van der Waals surface area contributed by atoms with E-state index in [1.165, 1.54) is 4.88 Å². The minimum Gasteiger partial charge on any atom is -0.383 e. The lowest BCUT2D eigenvalue weighted by Crippen LogP contribution is -2.42. The number of likely N-dealkylation sites (tertiary alicyclic amines) is 1. The molecule has 6 heteroatoms. The van der Waals surface area contributed by atoms with Crippen LogP contribution in [0.2, 0.25) is 0 Å². The fourth-order valence-corrected chi connectivity index (χ4v) is 3.28. The second-order valence-electron chi connectivity index (χ2n) is 5.43. The van der Waals surface area contributed by atoms with Crippen molar-refractivity contribution >= 4 is 17.4 Å². The molecule has 5 nitrogen and oxygen atoms in total. The highest BCUT2D eigenvalue weighted by atomic mass is 32.1. The van der Waals surface area contributed by atoms with E-state index in [0.29, 0.717) is 19.1 Å². The van der Waals surface area contributed by atoms with Crippen LogP contribution in [0.1, 0.15) is 17.7 Å². The second kappa shape index (κ2) is 9.02. The van der Waals surface area contributed by atoms with Crippen molar-refractivity contribution in [2.75, 3.05) is 39.9 Å². The van der Waals surface area contributed by atoms with Gasteiger partial charge in [0.2, 0.25) is 0 Å². The molecule has 0 radical (unpaired) electrons. The lowest BCUT2D eigenvalue weighted by atomic mass is 9.97. The summed E-state index contributed by atoms with van der Waals surface area (Å²) in [5.41, 5.74) is 0. The zero-order chi connectivity index (χ0) is 14.9. The molecule has 2 N–H and O–H groups in total. The van der Waals surface area contributed by atoms with Crippen LogP contribution in [0.3, 0.4) is 0 Å². The van der Waals surface area contributed by atoms with Crippen LogP contribution >= 0.6 is 11.3 Å². The number of amides is 2. The zero-order valence-corrected chi connectivity index (χ0v) is 13.5. The lowest BCUT2D eigenvalue weighted by molar-refractivity contribution is 0.174. The van der Waals surface area contributed by atoms with Crippen molar-refractivity contribution in [2.24, 2.45) is 5.92 Å². The quantitative estimate of drug-likeness (QED) is 0.756. The monoisotopic (exact) mass is 311 g/mol. The summed E-state index contributed by atoms with van der Waals surface area (Å²) in [7, 11) is 1.63. The first kappa shape index (κ1) is 16.3. The van der Waals surface area contributed by atoms with Gasteiger partial charge in [-0.3, -0.25) is 4.90 Å². The van der Waals surface area contributed by atoms with Gasteiger partial charge in [0.05, 0.1) is 6.61 Å². The molecule has 2 rings (SSSR count). The number of rotatable bonds is 7. The second-order valence-corrected chi connectivity index (χ2v) is 6.46. The number of methoxy groups -OCH3 is 1. The molecule has 1 fully saturated rings. The van der Waals surface area contributed by atoms with Crippen molar-refractivity contribution in [3.8, 4) is 0 Å². The average Bonchev–Trinajstić information content (AvgIpc) is 3.00. The maximum absolute atomic E-state index is 11.5. The molecular formula is C15H25N3O2S. The molecule has 0 spiro atoms. The van der Waals surface area contributed by atoms with E-state index in [2.05, 4.69) is 33.0 Å². The Morgan fingerprint density at radius 3 is 2.90 bits per heavy atom. The minimum atomic E-state index is -0.0898. The number of urea groups is 1. The van der Waals surface area contributed by atoms with Crippen LogP contribution in [0.4, 0.5) is 4.79 Å². The van der Waals surface area contributed by atoms with Crippen molar-refractivity contribution in [1.29, 1.82) is 0 Å². The Kier molecular flexibility index (Phi) is 6.99. The molecule has 1 aliphatic rings. The largest absolute Gasteiger partial charge is 0.383 e. The Morgan fingerprint density at radius 1 is 1.43 bits per heavy atom. The standard InChI is InChI=1S/C15H25N3O2S/c1-20-9-6-16-15(19)17-11-13-4-7-18(8-5-13)12-14-3-2-10-21-14/h2-3,10,13H,4-9,11-12H2,1H3,(H2,16,17,19). The molecule has 2 heterocycles. The van der Waals surface area contributed by atoms with Crippen molar-refractivity contribution < 1.29 is 9.53 Å². The van der Waals surface area contributed by atoms with Crippen LogP contribution in [0.15, 0.2) is 17.5 Å². The Morgan fingerprint density at radius 2 is 2.24 bits per heavy atom. The molecule has 0 aliphatic carbocycles. The summed E-state index contributed by atoms with van der Waals surface area (Å²) in [5, 5.41) is 7.86. The highest BCUT2D eigenvalue weighted by molar-refractivity contribution is 7.09. The van der Waals surface area contributed by atoms with E-state index in [9.17, 15) is 4.79 Å². The maximum atomic E-state index is 11.5. The van der Waals surface area contributed by atoms with Crippen LogP contribution in [-0.2, 0) is 11.3 Å². The minimum absolute atomic E-state index is 0.0898. The van der Waals surface area contributed by atoms with Gasteiger partial charge in [0, 0.05) is 31.6 Å². The van der Waals surface area contributed by atoms with E-state index in [4.69, 9.17) is 4.74 Å². The summed E-state index contributed by atoms with van der Waals surface area (Å²) in [4.78, 5) is 15.5. The predicted molar refractivity (Wildman–Crippen MR) is 85.6 cm³/mol. The summed E-state index contributed by atoms with van der Waals surface area (Å²) in [5.74, 6) is 0.595. The third-order valence-corrected chi connectivity index (χ3v) is 4.67. The topological polar surface area (TPSA) is 53.6 Å². The number of nitrogens with one attached hydrogen (secondary N) is 2. The van der Waals surface area contributed by atoms with E-state index >= 15 is 0 Å². The smallest absolute Gasteiger partial charge is 0.314 e. The molecule has 0 aromatic carbocycles. The number of hydrogen-bond acceptors (Lipinski definition) is 4. The van der Waals surface area contributed by atoms with Crippen molar-refractivity contribution in [1.82, 2.24) is 15.5 Å². The number of thiophene rings is 1. The Labute approximate surface area is 130 Å². The van der Waals surface area contributed by atoms with E-state index in [-0.39, 0.29) is 6.03 Å². The van der Waals surface area contributed by atoms with Crippen LogP contribution in [0.5, 0.6) is 0 Å². The van der Waals surface area contributed by atoms with Gasteiger partial charge >= 0.3 is 6.03 Å². The zero-order valence-electron chi connectivity index (χ0n) is 12.6. The summed E-state index contributed by atoms with van der Waals surface area (Å²) >= 11 is 1.82. The molecule has 0 saturated carbocycles. The van der Waals surface area contributed by atoms with Gasteiger partial charge in [-0.15, -0.1) is 11.3 Å². The molecular weight excluding hydrogens is 286 g/mol. The highest BCUT2D eigenvalue weighted by Gasteiger charge is 2.19. The molecule has 21 heavy (non-hydrogen) atoms. The van der Waals surface area contributed by atoms with Gasteiger partial charge < -0.3 is 15.4 Å². The van der Waals surface area contributed by atoms with Crippen molar-refractivity contribution in [3.05, 3.63) is 22.4 Å². The number of carbonyl (C=O) groups is 1. The molecule has 0 atom stereocenters. The molecule has 1 aromatic rings. The molecule has 118 valence electrons. The third kappa shape index (κ3) is 6.03. The Bertz CT molecular complexity index is 403. The van der Waals surface area contributed by atoms with Gasteiger partial charge in [-0.2, -0.15) is 0 Å². The molecule has 0 bridgehead atoms. The summed E-state index contributed by atoms with van der Waals surface area (Å²) in [6.45, 7) is 5.18. The van der Waals surface area contributed by atoms with E-state index < -0.39 is 0 Å². The summed E-state index contributed by atoms with van der Waals surface area (Å²) in [6, 6.07) is 4.22. The first-order chi connectivity index (χ1) is 10.3. The SMILES string of the molecule is COCCNC(=O)NCC1CCN(Cc2cccs2)CC1. The van der Waals surface area contributed by atoms with Crippen LogP contribution in [0.25, 0.3) is 0 Å². The van der Waals surface area contributed by atoms with Crippen molar-refractivity contribution in [3.63, 3.8) is 0 Å².